The van der Waals surface area contributed by atoms with E-state index in [4.69, 9.17) is 4.74 Å². The zero-order valence-electron chi connectivity index (χ0n) is 9.71. The quantitative estimate of drug-likeness (QED) is 0.874. The van der Waals surface area contributed by atoms with Gasteiger partial charge in [-0.2, -0.15) is 0 Å². The molecular weight excluding hydrogens is 214 g/mol. The van der Waals surface area contributed by atoms with Gasteiger partial charge in [-0.15, -0.1) is 0 Å². The van der Waals surface area contributed by atoms with Crippen LogP contribution in [0.1, 0.15) is 25.0 Å². The number of hydrogen-bond donors (Lipinski definition) is 1. The van der Waals surface area contributed by atoms with E-state index < -0.39 is 6.10 Å². The van der Waals surface area contributed by atoms with Crippen LogP contribution < -0.4 is 4.74 Å². The number of hydrogen-bond acceptors (Lipinski definition) is 3. The van der Waals surface area contributed by atoms with Crippen molar-refractivity contribution in [3.05, 3.63) is 54.4 Å². The van der Waals surface area contributed by atoms with Crippen molar-refractivity contribution in [2.24, 2.45) is 0 Å². The molecule has 1 N–H and O–H groups in total. The Hall–Kier alpha value is -1.87. The van der Waals surface area contributed by atoms with Gasteiger partial charge in [0.15, 0.2) is 0 Å². The van der Waals surface area contributed by atoms with Crippen molar-refractivity contribution < 1.29 is 9.84 Å². The molecule has 0 unspecified atom stereocenters. The summed E-state index contributed by atoms with van der Waals surface area (Å²) in [4.78, 5) is 3.99. The number of para-hydroxylation sites is 1. The molecule has 0 amide bonds. The topological polar surface area (TPSA) is 42.4 Å². The lowest BCUT2D eigenvalue weighted by atomic mass is 10.1. The summed E-state index contributed by atoms with van der Waals surface area (Å²) in [6, 6.07) is 11.2. The number of benzene rings is 1. The van der Waals surface area contributed by atoms with Crippen molar-refractivity contribution in [3.8, 4) is 11.5 Å². The van der Waals surface area contributed by atoms with E-state index in [-0.39, 0.29) is 0 Å². The molecule has 1 atom stereocenters. The van der Waals surface area contributed by atoms with Crippen LogP contribution in [0.25, 0.3) is 0 Å². The summed E-state index contributed by atoms with van der Waals surface area (Å²) >= 11 is 0. The minimum Gasteiger partial charge on any atom is -0.455 e. The summed E-state index contributed by atoms with van der Waals surface area (Å²) in [6.07, 6.45) is 3.50. The molecule has 1 aromatic heterocycles. The van der Waals surface area contributed by atoms with Gasteiger partial charge in [-0.3, -0.25) is 4.98 Å². The first-order chi connectivity index (χ1) is 8.31. The Morgan fingerprint density at radius 3 is 2.76 bits per heavy atom. The van der Waals surface area contributed by atoms with Gasteiger partial charge in [0, 0.05) is 11.8 Å². The highest BCUT2D eigenvalue weighted by atomic mass is 16.5. The Morgan fingerprint density at radius 1 is 1.24 bits per heavy atom. The Morgan fingerprint density at radius 2 is 2.06 bits per heavy atom. The van der Waals surface area contributed by atoms with Gasteiger partial charge in [0.25, 0.3) is 0 Å². The van der Waals surface area contributed by atoms with Crippen LogP contribution in [0.4, 0.5) is 0 Å². The summed E-state index contributed by atoms with van der Waals surface area (Å²) in [6.45, 7) is 1.94. The summed E-state index contributed by atoms with van der Waals surface area (Å²) in [5, 5.41) is 9.89. The third-order valence-corrected chi connectivity index (χ3v) is 2.53. The maximum atomic E-state index is 9.89. The number of nitrogens with zero attached hydrogens (tertiary/aromatic N) is 1. The number of ether oxygens (including phenoxy) is 1. The van der Waals surface area contributed by atoms with Gasteiger partial charge in [0.1, 0.15) is 11.5 Å². The van der Waals surface area contributed by atoms with Crippen molar-refractivity contribution in [1.82, 2.24) is 4.98 Å². The number of aliphatic hydroxyl groups is 1. The van der Waals surface area contributed by atoms with Gasteiger partial charge in [-0.25, -0.2) is 0 Å². The molecule has 3 heteroatoms. The van der Waals surface area contributed by atoms with Gasteiger partial charge in [0.05, 0.1) is 12.3 Å². The van der Waals surface area contributed by atoms with Crippen LogP contribution in [0.3, 0.4) is 0 Å². The molecule has 88 valence electrons. The average Bonchev–Trinajstić information content (AvgIpc) is 2.40. The van der Waals surface area contributed by atoms with Crippen LogP contribution in [0.5, 0.6) is 11.5 Å². The second kappa shape index (κ2) is 5.46. The molecule has 0 fully saturated rings. The third kappa shape index (κ3) is 2.82. The normalized spacial score (nSPS) is 12.1. The summed E-state index contributed by atoms with van der Waals surface area (Å²) < 4.78 is 5.71. The smallest absolute Gasteiger partial charge is 0.145 e. The van der Waals surface area contributed by atoms with E-state index in [1.807, 2.05) is 43.3 Å². The first-order valence-corrected chi connectivity index (χ1v) is 5.66. The highest BCUT2D eigenvalue weighted by molar-refractivity contribution is 5.38. The fraction of sp³-hybridized carbons (Fsp3) is 0.214. The van der Waals surface area contributed by atoms with Crippen molar-refractivity contribution >= 4 is 0 Å². The Labute approximate surface area is 101 Å². The van der Waals surface area contributed by atoms with E-state index in [1.54, 1.807) is 12.4 Å². The third-order valence-electron chi connectivity index (χ3n) is 2.53. The molecule has 0 aliphatic carbocycles. The maximum Gasteiger partial charge on any atom is 0.145 e. The molecule has 0 bridgehead atoms. The van der Waals surface area contributed by atoms with Crippen LogP contribution in [0, 0.1) is 0 Å². The van der Waals surface area contributed by atoms with Crippen molar-refractivity contribution in [3.63, 3.8) is 0 Å². The Balaban J connectivity index is 2.27. The van der Waals surface area contributed by atoms with Gasteiger partial charge in [0.2, 0.25) is 0 Å². The molecule has 1 heterocycles. The lowest BCUT2D eigenvalue weighted by Crippen LogP contribution is -1.98. The average molecular weight is 229 g/mol. The van der Waals surface area contributed by atoms with Crippen LogP contribution in [-0.2, 0) is 0 Å². The summed E-state index contributed by atoms with van der Waals surface area (Å²) in [5.74, 6) is 1.35. The number of pyridine rings is 1. The van der Waals surface area contributed by atoms with Crippen LogP contribution in [0.15, 0.2) is 48.8 Å². The van der Waals surface area contributed by atoms with Crippen LogP contribution in [-0.4, -0.2) is 10.1 Å². The molecule has 1 aromatic carbocycles. The molecule has 0 aliphatic rings. The maximum absolute atomic E-state index is 9.89. The highest BCUT2D eigenvalue weighted by Gasteiger charge is 2.11. The van der Waals surface area contributed by atoms with E-state index in [2.05, 4.69) is 4.98 Å². The Bertz CT molecular complexity index is 471. The lowest BCUT2D eigenvalue weighted by Gasteiger charge is -2.14. The van der Waals surface area contributed by atoms with E-state index in [0.29, 0.717) is 17.9 Å². The first-order valence-electron chi connectivity index (χ1n) is 5.66. The number of rotatable bonds is 4. The monoisotopic (exact) mass is 229 g/mol. The largest absolute Gasteiger partial charge is 0.455 e. The predicted molar refractivity (Wildman–Crippen MR) is 66.0 cm³/mol. The van der Waals surface area contributed by atoms with Crippen molar-refractivity contribution in [1.29, 1.82) is 0 Å². The summed E-state index contributed by atoms with van der Waals surface area (Å²) in [7, 11) is 0. The molecule has 0 radical (unpaired) electrons. The Kier molecular flexibility index (Phi) is 3.73. The molecule has 0 spiro atoms. The minimum absolute atomic E-state index is 0.497. The van der Waals surface area contributed by atoms with Crippen LogP contribution in [0.2, 0.25) is 0 Å². The van der Waals surface area contributed by atoms with Gasteiger partial charge >= 0.3 is 0 Å². The van der Waals surface area contributed by atoms with Crippen molar-refractivity contribution in [2.75, 3.05) is 0 Å². The zero-order valence-corrected chi connectivity index (χ0v) is 9.71. The van der Waals surface area contributed by atoms with E-state index >= 15 is 0 Å². The number of aromatic nitrogens is 1. The van der Waals surface area contributed by atoms with E-state index in [9.17, 15) is 5.11 Å². The molecule has 3 nitrogen and oxygen atoms in total. The predicted octanol–water partition coefficient (Wildman–Crippen LogP) is 3.32. The van der Waals surface area contributed by atoms with E-state index in [1.165, 1.54) is 0 Å². The summed E-state index contributed by atoms with van der Waals surface area (Å²) in [5.41, 5.74) is 0.804. The fourth-order valence-electron chi connectivity index (χ4n) is 1.60. The number of aliphatic hydroxyl groups excluding tert-OH is 1. The minimum atomic E-state index is -0.497. The molecule has 0 saturated carbocycles. The lowest BCUT2D eigenvalue weighted by molar-refractivity contribution is 0.170. The molecule has 2 aromatic rings. The highest BCUT2D eigenvalue weighted by Crippen LogP contribution is 2.30. The SMILES string of the molecule is CC[C@H](O)c1ccccc1Oc1cccnc1. The molecule has 2 rings (SSSR count). The van der Waals surface area contributed by atoms with Gasteiger partial charge in [-0.1, -0.05) is 25.1 Å². The second-order valence-electron chi connectivity index (χ2n) is 3.75. The molecule has 0 saturated heterocycles. The fourth-order valence-corrected chi connectivity index (χ4v) is 1.60. The van der Waals surface area contributed by atoms with Gasteiger partial charge < -0.3 is 9.84 Å². The molecule has 0 aliphatic heterocycles. The van der Waals surface area contributed by atoms with Crippen molar-refractivity contribution in [2.45, 2.75) is 19.4 Å². The second-order valence-corrected chi connectivity index (χ2v) is 3.75. The van der Waals surface area contributed by atoms with Gasteiger partial charge in [-0.05, 0) is 24.6 Å². The first kappa shape index (κ1) is 11.6. The van der Waals surface area contributed by atoms with Crippen LogP contribution >= 0.6 is 0 Å². The standard InChI is InChI=1S/C14H15NO2/c1-2-13(16)12-7-3-4-8-14(12)17-11-6-5-9-15-10-11/h3-10,13,16H,2H2,1H3/t13-/m0/s1. The zero-order chi connectivity index (χ0) is 12.1. The van der Waals surface area contributed by atoms with E-state index in [0.717, 1.165) is 5.56 Å². The molecule has 17 heavy (non-hydrogen) atoms. The molecular formula is C14H15NO2.